The molecule has 1 aromatic carbocycles. The molecular formula is C19H23N3O3S. The summed E-state index contributed by atoms with van der Waals surface area (Å²) in [6, 6.07) is 7.79. The summed E-state index contributed by atoms with van der Waals surface area (Å²) in [4.78, 5) is 32.1. The first-order valence-electron chi connectivity index (χ1n) is 8.76. The Morgan fingerprint density at radius 1 is 1.15 bits per heavy atom. The lowest BCUT2D eigenvalue weighted by Gasteiger charge is -2.35. The molecule has 1 aromatic heterocycles. The molecule has 7 heteroatoms. The lowest BCUT2D eigenvalue weighted by Crippen LogP contribution is -2.46. The molecule has 2 aromatic rings. The van der Waals surface area contributed by atoms with Crippen LogP contribution < -0.4 is 4.90 Å². The molecule has 0 atom stereocenters. The number of anilines is 1. The molecule has 1 saturated heterocycles. The molecule has 1 aliphatic rings. The third kappa shape index (κ3) is 4.47. The van der Waals surface area contributed by atoms with E-state index in [1.54, 1.807) is 13.8 Å². The van der Waals surface area contributed by atoms with Gasteiger partial charge in [-0.3, -0.25) is 9.69 Å². The Morgan fingerprint density at radius 3 is 2.46 bits per heavy atom. The molecule has 0 unspecified atom stereocenters. The number of Topliss-reactive ketones (excluding diaryl/α,β-unsaturated/α-hetero) is 1. The van der Waals surface area contributed by atoms with Crippen LogP contribution in [0.1, 0.15) is 39.7 Å². The smallest absolute Gasteiger partial charge is 0.367 e. The van der Waals surface area contributed by atoms with Crippen LogP contribution in [0.25, 0.3) is 0 Å². The Hall–Kier alpha value is -2.25. The average molecular weight is 373 g/mol. The summed E-state index contributed by atoms with van der Waals surface area (Å²) in [6.07, 6.45) is 0. The molecular weight excluding hydrogens is 350 g/mol. The highest BCUT2D eigenvalue weighted by Gasteiger charge is 2.19. The number of ether oxygens (including phenoxy) is 1. The molecule has 0 N–H and O–H groups in total. The topological polar surface area (TPSA) is 62.7 Å². The summed E-state index contributed by atoms with van der Waals surface area (Å²) >= 11 is 1.34. The SMILES string of the molecule is CCOC(=O)c1nc(CN2CCN(c3ccc(C(C)=O)cc3)CC2)cs1. The van der Waals surface area contributed by atoms with Crippen molar-refractivity contribution in [2.75, 3.05) is 37.7 Å². The highest BCUT2D eigenvalue weighted by atomic mass is 32.1. The first kappa shape index (κ1) is 18.5. The summed E-state index contributed by atoms with van der Waals surface area (Å²) in [5.41, 5.74) is 2.80. The maximum atomic E-state index is 11.7. The highest BCUT2D eigenvalue weighted by Crippen LogP contribution is 2.19. The van der Waals surface area contributed by atoms with Crippen LogP contribution in [-0.4, -0.2) is 54.4 Å². The second kappa shape index (κ2) is 8.42. The van der Waals surface area contributed by atoms with Crippen molar-refractivity contribution >= 4 is 28.8 Å². The minimum Gasteiger partial charge on any atom is -0.461 e. The van der Waals surface area contributed by atoms with E-state index >= 15 is 0 Å². The monoisotopic (exact) mass is 373 g/mol. The first-order chi connectivity index (χ1) is 12.6. The standard InChI is InChI=1S/C19H23N3O3S/c1-3-25-19(24)18-20-16(13-26-18)12-21-8-10-22(11-9-21)17-6-4-15(5-7-17)14(2)23/h4-7,13H,3,8-12H2,1-2H3. The molecule has 3 rings (SSSR count). The summed E-state index contributed by atoms with van der Waals surface area (Å²) < 4.78 is 4.99. The molecule has 0 amide bonds. The number of thiazole rings is 1. The number of benzene rings is 1. The van der Waals surface area contributed by atoms with E-state index in [-0.39, 0.29) is 11.8 Å². The number of nitrogens with zero attached hydrogens (tertiary/aromatic N) is 3. The second-order valence-corrected chi connectivity index (χ2v) is 7.09. The number of rotatable bonds is 6. The van der Waals surface area contributed by atoms with Crippen molar-refractivity contribution in [3.63, 3.8) is 0 Å². The molecule has 1 aliphatic heterocycles. The van der Waals surface area contributed by atoms with Gasteiger partial charge in [0, 0.05) is 49.4 Å². The van der Waals surface area contributed by atoms with Crippen LogP contribution in [0.3, 0.4) is 0 Å². The van der Waals surface area contributed by atoms with E-state index in [9.17, 15) is 9.59 Å². The van der Waals surface area contributed by atoms with Crippen LogP contribution in [0.2, 0.25) is 0 Å². The molecule has 2 heterocycles. The number of hydrogen-bond acceptors (Lipinski definition) is 7. The van der Waals surface area contributed by atoms with Crippen LogP contribution >= 0.6 is 11.3 Å². The zero-order valence-electron chi connectivity index (χ0n) is 15.1. The summed E-state index contributed by atoms with van der Waals surface area (Å²) in [6.45, 7) is 8.19. The number of hydrogen-bond donors (Lipinski definition) is 0. The highest BCUT2D eigenvalue weighted by molar-refractivity contribution is 7.11. The van der Waals surface area contributed by atoms with Gasteiger partial charge in [-0.15, -0.1) is 11.3 Å². The Bertz CT molecular complexity index is 765. The van der Waals surface area contributed by atoms with E-state index in [0.717, 1.165) is 49.7 Å². The number of aromatic nitrogens is 1. The van der Waals surface area contributed by atoms with Gasteiger partial charge in [-0.25, -0.2) is 9.78 Å². The van der Waals surface area contributed by atoms with E-state index in [0.29, 0.717) is 11.6 Å². The van der Waals surface area contributed by atoms with Crippen LogP contribution in [0.15, 0.2) is 29.6 Å². The van der Waals surface area contributed by atoms with Crippen molar-refractivity contribution in [1.82, 2.24) is 9.88 Å². The van der Waals surface area contributed by atoms with E-state index in [2.05, 4.69) is 14.8 Å². The molecule has 0 spiro atoms. The maximum absolute atomic E-state index is 11.7. The van der Waals surface area contributed by atoms with Crippen LogP contribution in [0.4, 0.5) is 5.69 Å². The molecule has 0 bridgehead atoms. The van der Waals surface area contributed by atoms with Gasteiger partial charge < -0.3 is 9.64 Å². The predicted molar refractivity (Wildman–Crippen MR) is 102 cm³/mol. The molecule has 6 nitrogen and oxygen atoms in total. The Balaban J connectivity index is 1.52. The van der Waals surface area contributed by atoms with Crippen LogP contribution in [0, 0.1) is 0 Å². The van der Waals surface area contributed by atoms with Crippen molar-refractivity contribution < 1.29 is 14.3 Å². The van der Waals surface area contributed by atoms with Gasteiger partial charge in [-0.05, 0) is 38.1 Å². The Morgan fingerprint density at radius 2 is 1.85 bits per heavy atom. The largest absolute Gasteiger partial charge is 0.461 e. The van der Waals surface area contributed by atoms with E-state index in [4.69, 9.17) is 4.74 Å². The lowest BCUT2D eigenvalue weighted by molar-refractivity contribution is 0.0525. The normalized spacial score (nSPS) is 15.1. The number of ketones is 1. The van der Waals surface area contributed by atoms with Crippen LogP contribution in [0.5, 0.6) is 0 Å². The zero-order valence-corrected chi connectivity index (χ0v) is 15.9. The number of carbonyl (C=O) groups is 2. The summed E-state index contributed by atoms with van der Waals surface area (Å²) in [5, 5.41) is 2.35. The summed E-state index contributed by atoms with van der Waals surface area (Å²) in [7, 11) is 0. The average Bonchev–Trinajstić information content (AvgIpc) is 3.11. The third-order valence-corrected chi connectivity index (χ3v) is 5.27. The van der Waals surface area contributed by atoms with Gasteiger partial charge in [-0.1, -0.05) is 0 Å². The van der Waals surface area contributed by atoms with Gasteiger partial charge in [0.2, 0.25) is 5.01 Å². The van der Waals surface area contributed by atoms with Crippen LogP contribution in [-0.2, 0) is 11.3 Å². The molecule has 26 heavy (non-hydrogen) atoms. The van der Waals surface area contributed by atoms with Gasteiger partial charge in [-0.2, -0.15) is 0 Å². The van der Waals surface area contributed by atoms with Gasteiger partial charge in [0.1, 0.15) is 0 Å². The van der Waals surface area contributed by atoms with Gasteiger partial charge in [0.15, 0.2) is 5.78 Å². The fraction of sp³-hybridized carbons (Fsp3) is 0.421. The van der Waals surface area contributed by atoms with Gasteiger partial charge >= 0.3 is 5.97 Å². The maximum Gasteiger partial charge on any atom is 0.367 e. The van der Waals surface area contributed by atoms with E-state index in [1.165, 1.54) is 11.3 Å². The summed E-state index contributed by atoms with van der Waals surface area (Å²) in [5.74, 6) is -0.255. The molecule has 0 radical (unpaired) electrons. The molecule has 138 valence electrons. The molecule has 0 saturated carbocycles. The number of carbonyl (C=O) groups excluding carboxylic acids is 2. The predicted octanol–water partition coefficient (Wildman–Crippen LogP) is 2.84. The fourth-order valence-electron chi connectivity index (χ4n) is 2.97. The van der Waals surface area contributed by atoms with Gasteiger partial charge in [0.25, 0.3) is 0 Å². The van der Waals surface area contributed by atoms with Crippen molar-refractivity contribution in [3.05, 3.63) is 45.9 Å². The minimum atomic E-state index is -0.345. The molecule has 1 fully saturated rings. The number of piperazine rings is 1. The van der Waals surface area contributed by atoms with E-state index in [1.807, 2.05) is 29.6 Å². The first-order valence-corrected chi connectivity index (χ1v) is 9.64. The van der Waals surface area contributed by atoms with Crippen molar-refractivity contribution in [1.29, 1.82) is 0 Å². The van der Waals surface area contributed by atoms with Gasteiger partial charge in [0.05, 0.1) is 12.3 Å². The van der Waals surface area contributed by atoms with Crippen molar-refractivity contribution in [2.24, 2.45) is 0 Å². The quantitative estimate of drug-likeness (QED) is 0.573. The molecule has 0 aliphatic carbocycles. The van der Waals surface area contributed by atoms with Crippen molar-refractivity contribution in [2.45, 2.75) is 20.4 Å². The Kier molecular flexibility index (Phi) is 6.00. The lowest BCUT2D eigenvalue weighted by atomic mass is 10.1. The minimum absolute atomic E-state index is 0.0896. The number of esters is 1. The zero-order chi connectivity index (χ0) is 18.5. The van der Waals surface area contributed by atoms with E-state index < -0.39 is 0 Å². The third-order valence-electron chi connectivity index (χ3n) is 4.40. The van der Waals surface area contributed by atoms with Crippen molar-refractivity contribution in [3.8, 4) is 0 Å². The Labute approximate surface area is 157 Å². The second-order valence-electron chi connectivity index (χ2n) is 6.23. The fourth-order valence-corrected chi connectivity index (χ4v) is 3.67.